The van der Waals surface area contributed by atoms with E-state index in [4.69, 9.17) is 39.8 Å². The third-order valence-electron chi connectivity index (χ3n) is 6.33. The summed E-state index contributed by atoms with van der Waals surface area (Å²) in [6.07, 6.45) is 1.99. The number of nitrogens with one attached hydrogen (secondary N) is 2. The summed E-state index contributed by atoms with van der Waals surface area (Å²) < 4.78 is 6.33. The van der Waals surface area contributed by atoms with Crippen LogP contribution >= 0.6 is 35.4 Å². The number of benzene rings is 2. The van der Waals surface area contributed by atoms with Gasteiger partial charge in [-0.15, -0.1) is 0 Å². The van der Waals surface area contributed by atoms with Crippen molar-refractivity contribution < 1.29 is 9.21 Å². The maximum atomic E-state index is 12.8. The molecule has 9 heteroatoms. The molecule has 188 valence electrons. The van der Waals surface area contributed by atoms with Crippen molar-refractivity contribution in [2.75, 3.05) is 11.9 Å². The van der Waals surface area contributed by atoms with Crippen molar-refractivity contribution in [1.82, 2.24) is 15.2 Å². The molecule has 0 aliphatic carbocycles. The van der Waals surface area contributed by atoms with E-state index in [2.05, 4.69) is 15.6 Å². The Bertz CT molecular complexity index is 1440. The minimum Gasteiger partial charge on any atom is -0.459 e. The van der Waals surface area contributed by atoms with Gasteiger partial charge in [-0.3, -0.25) is 9.78 Å². The Morgan fingerprint density at radius 2 is 1.89 bits per heavy atom. The van der Waals surface area contributed by atoms with Gasteiger partial charge in [-0.05, 0) is 67.2 Å². The Balaban J connectivity index is 1.42. The van der Waals surface area contributed by atoms with Gasteiger partial charge in [-0.1, -0.05) is 53.5 Å². The number of halogens is 2. The molecule has 1 aliphatic rings. The van der Waals surface area contributed by atoms with Gasteiger partial charge in [-0.2, -0.15) is 0 Å². The molecule has 37 heavy (non-hydrogen) atoms. The van der Waals surface area contributed by atoms with Crippen molar-refractivity contribution >= 4 is 52.1 Å². The molecule has 1 saturated heterocycles. The molecule has 0 spiro atoms. The molecule has 0 saturated carbocycles. The third kappa shape index (κ3) is 5.34. The van der Waals surface area contributed by atoms with E-state index in [0.29, 0.717) is 38.8 Å². The highest BCUT2D eigenvalue weighted by Gasteiger charge is 2.41. The Morgan fingerprint density at radius 1 is 1.08 bits per heavy atom. The first-order chi connectivity index (χ1) is 17.9. The summed E-state index contributed by atoms with van der Waals surface area (Å²) in [5.74, 6) is 1.17. The fourth-order valence-electron chi connectivity index (χ4n) is 4.45. The van der Waals surface area contributed by atoms with E-state index < -0.39 is 0 Å². The normalized spacial score (nSPS) is 17.1. The molecule has 0 radical (unpaired) electrons. The van der Waals surface area contributed by atoms with Crippen molar-refractivity contribution in [3.8, 4) is 11.3 Å². The van der Waals surface area contributed by atoms with Gasteiger partial charge < -0.3 is 20.0 Å². The molecule has 1 fully saturated rings. The lowest BCUT2D eigenvalue weighted by atomic mass is 10.0. The Kier molecular flexibility index (Phi) is 7.46. The molecule has 5 rings (SSSR count). The number of hydrogen-bond acceptors (Lipinski definition) is 4. The Morgan fingerprint density at radius 3 is 2.68 bits per heavy atom. The molecule has 2 aromatic heterocycles. The molecule has 2 atom stereocenters. The summed E-state index contributed by atoms with van der Waals surface area (Å²) >= 11 is 18.4. The van der Waals surface area contributed by atoms with Crippen LogP contribution in [0.25, 0.3) is 11.3 Å². The zero-order chi connectivity index (χ0) is 25.9. The molecule has 6 nitrogen and oxygen atoms in total. The number of hydrogen-bond donors (Lipinski definition) is 2. The van der Waals surface area contributed by atoms with Gasteiger partial charge in [-0.25, -0.2) is 0 Å². The number of thiocarbonyl (C=S) groups is 1. The number of carbonyl (C=O) groups is 1. The van der Waals surface area contributed by atoms with Crippen LogP contribution in [0.15, 0.2) is 83.4 Å². The summed E-state index contributed by atoms with van der Waals surface area (Å²) in [4.78, 5) is 19.3. The van der Waals surface area contributed by atoms with Crippen LogP contribution in [-0.2, 0) is 4.79 Å². The lowest BCUT2D eigenvalue weighted by molar-refractivity contribution is -0.116. The van der Waals surface area contributed by atoms with Gasteiger partial charge in [0.15, 0.2) is 5.11 Å². The van der Waals surface area contributed by atoms with Crippen molar-refractivity contribution in [3.63, 3.8) is 0 Å². The van der Waals surface area contributed by atoms with Crippen LogP contribution in [0.2, 0.25) is 10.0 Å². The average molecular weight is 551 g/mol. The number of para-hydroxylation sites is 1. The van der Waals surface area contributed by atoms with Crippen molar-refractivity contribution in [1.29, 1.82) is 0 Å². The SMILES string of the molecule is Cc1ccccc1NC(=O)CCN1C(=S)N[C@@H](c2ccccn2)[C@@H]1c1ccc(-c2cccc(Cl)c2Cl)o1. The zero-order valence-corrected chi connectivity index (χ0v) is 22.3. The smallest absolute Gasteiger partial charge is 0.226 e. The number of amides is 1. The van der Waals surface area contributed by atoms with Gasteiger partial charge >= 0.3 is 0 Å². The predicted octanol–water partition coefficient (Wildman–Crippen LogP) is 6.96. The van der Waals surface area contributed by atoms with Crippen LogP contribution < -0.4 is 10.6 Å². The second kappa shape index (κ2) is 10.9. The zero-order valence-electron chi connectivity index (χ0n) is 19.9. The standard InChI is InChI=1S/C28H24Cl2N4O2S/c1-17-7-2-3-10-20(17)32-24(35)14-16-34-27(26(33-28(34)37)21-11-4-5-15-31-21)23-13-12-22(36-23)18-8-6-9-19(29)25(18)30/h2-13,15,26-27H,14,16H2,1H3,(H,32,35)(H,33,37)/t26-,27-/m0/s1. The molecule has 1 amide bonds. The maximum absolute atomic E-state index is 12.8. The lowest BCUT2D eigenvalue weighted by Crippen LogP contribution is -2.32. The number of rotatable bonds is 7. The highest BCUT2D eigenvalue weighted by molar-refractivity contribution is 7.80. The fraction of sp³-hybridized carbons (Fsp3) is 0.179. The largest absolute Gasteiger partial charge is 0.459 e. The van der Waals surface area contributed by atoms with Crippen LogP contribution in [0.1, 0.15) is 35.5 Å². The van der Waals surface area contributed by atoms with E-state index in [9.17, 15) is 4.79 Å². The predicted molar refractivity (Wildman–Crippen MR) is 151 cm³/mol. The van der Waals surface area contributed by atoms with E-state index in [1.165, 1.54) is 0 Å². The summed E-state index contributed by atoms with van der Waals surface area (Å²) in [6, 6.07) is 22.0. The van der Waals surface area contributed by atoms with Gasteiger partial charge in [0.2, 0.25) is 5.91 Å². The fourth-order valence-corrected chi connectivity index (χ4v) is 5.18. The third-order valence-corrected chi connectivity index (χ3v) is 7.50. The second-order valence-corrected chi connectivity index (χ2v) is 9.91. The van der Waals surface area contributed by atoms with Crippen LogP contribution in [0.4, 0.5) is 5.69 Å². The highest BCUT2D eigenvalue weighted by Crippen LogP contribution is 2.42. The summed E-state index contributed by atoms with van der Waals surface area (Å²) in [6.45, 7) is 2.36. The molecule has 3 heterocycles. The van der Waals surface area contributed by atoms with E-state index in [-0.39, 0.29) is 24.4 Å². The quantitative estimate of drug-likeness (QED) is 0.242. The number of anilines is 1. The highest BCUT2D eigenvalue weighted by atomic mass is 35.5. The molecular weight excluding hydrogens is 527 g/mol. The maximum Gasteiger partial charge on any atom is 0.226 e. The molecular formula is C28H24Cl2N4O2S. The molecule has 0 bridgehead atoms. The first-order valence-corrected chi connectivity index (χ1v) is 13.0. The number of carbonyl (C=O) groups excluding carboxylic acids is 1. The van der Waals surface area contributed by atoms with Gasteiger partial charge in [0.1, 0.15) is 17.6 Å². The van der Waals surface area contributed by atoms with Crippen LogP contribution in [0.3, 0.4) is 0 Å². The topological polar surface area (TPSA) is 70.4 Å². The second-order valence-electron chi connectivity index (χ2n) is 8.74. The van der Waals surface area contributed by atoms with E-state index in [1.807, 2.05) is 78.6 Å². The minimum absolute atomic E-state index is 0.0945. The van der Waals surface area contributed by atoms with E-state index in [1.54, 1.807) is 12.3 Å². The van der Waals surface area contributed by atoms with Crippen molar-refractivity contribution in [2.24, 2.45) is 0 Å². The monoisotopic (exact) mass is 550 g/mol. The minimum atomic E-state index is -0.319. The number of aryl methyl sites for hydroxylation is 1. The first-order valence-electron chi connectivity index (χ1n) is 11.8. The number of aromatic nitrogens is 1. The van der Waals surface area contributed by atoms with E-state index >= 15 is 0 Å². The first kappa shape index (κ1) is 25.3. The lowest BCUT2D eigenvalue weighted by Gasteiger charge is -2.26. The van der Waals surface area contributed by atoms with Crippen molar-refractivity contribution in [3.05, 3.63) is 106 Å². The Hall–Kier alpha value is -3.39. The summed E-state index contributed by atoms with van der Waals surface area (Å²) in [5.41, 5.74) is 3.32. The summed E-state index contributed by atoms with van der Waals surface area (Å²) in [5, 5.41) is 7.78. The van der Waals surface area contributed by atoms with Crippen LogP contribution in [0.5, 0.6) is 0 Å². The van der Waals surface area contributed by atoms with Gasteiger partial charge in [0.25, 0.3) is 0 Å². The average Bonchev–Trinajstić information content (AvgIpc) is 3.51. The number of pyridine rings is 1. The van der Waals surface area contributed by atoms with Gasteiger partial charge in [0, 0.05) is 30.4 Å². The van der Waals surface area contributed by atoms with Gasteiger partial charge in [0.05, 0.1) is 21.8 Å². The van der Waals surface area contributed by atoms with E-state index in [0.717, 1.165) is 16.9 Å². The number of nitrogens with zero attached hydrogens (tertiary/aromatic N) is 2. The Labute approximate surface area is 230 Å². The summed E-state index contributed by atoms with van der Waals surface area (Å²) in [7, 11) is 0. The molecule has 0 unspecified atom stereocenters. The molecule has 4 aromatic rings. The molecule has 2 N–H and O–H groups in total. The van der Waals surface area contributed by atoms with Crippen LogP contribution in [0, 0.1) is 6.92 Å². The van der Waals surface area contributed by atoms with Crippen molar-refractivity contribution in [2.45, 2.75) is 25.4 Å². The molecule has 1 aliphatic heterocycles. The van der Waals surface area contributed by atoms with Crippen LogP contribution in [-0.4, -0.2) is 27.4 Å². The number of furan rings is 1. The molecule has 2 aromatic carbocycles.